The van der Waals surface area contributed by atoms with Crippen LogP contribution in [-0.2, 0) is 10.2 Å². The summed E-state index contributed by atoms with van der Waals surface area (Å²) in [7, 11) is 0. The minimum absolute atomic E-state index is 0.0455. The Morgan fingerprint density at radius 3 is 2.69 bits per heavy atom. The number of carbonyl (C=O) groups excluding carboxylic acids is 1. The fourth-order valence-electron chi connectivity index (χ4n) is 1.56. The van der Waals surface area contributed by atoms with Gasteiger partial charge in [-0.15, -0.1) is 0 Å². The van der Waals surface area contributed by atoms with Gasteiger partial charge in [0.1, 0.15) is 0 Å². The zero-order valence-electron chi connectivity index (χ0n) is 10.2. The lowest BCUT2D eigenvalue weighted by Crippen LogP contribution is -2.39. The number of hydrogen-bond acceptors (Lipinski definition) is 2. The fraction of sp³-hybridized carbons (Fsp3) is 0.462. The number of nitrogens with two attached hydrogens (primary N) is 1. The first-order valence-electron chi connectivity index (χ1n) is 5.49. The first kappa shape index (κ1) is 12.7. The number of rotatable bonds is 4. The van der Waals surface area contributed by atoms with Crippen LogP contribution in [0.2, 0.25) is 0 Å². The molecule has 0 saturated carbocycles. The van der Waals surface area contributed by atoms with E-state index in [0.29, 0.717) is 6.54 Å². The second-order valence-electron chi connectivity index (χ2n) is 4.73. The molecular formula is C13H20N2O. The molecule has 0 saturated heterocycles. The molecule has 0 fully saturated rings. The highest BCUT2D eigenvalue weighted by Crippen LogP contribution is 2.22. The normalized spacial score (nSPS) is 11.2. The highest BCUT2D eigenvalue weighted by atomic mass is 16.1. The smallest absolute Gasteiger partial charge is 0.233 e. The number of carbonyl (C=O) groups is 1. The molecule has 1 aromatic carbocycles. The Morgan fingerprint density at radius 2 is 2.12 bits per heavy atom. The van der Waals surface area contributed by atoms with E-state index in [2.05, 4.69) is 44.3 Å². The lowest BCUT2D eigenvalue weighted by Gasteiger charge is -2.26. The standard InChI is InChI=1S/C13H20N2O/c1-10-5-4-6-11(7-10)13(2,3)9-15-12(16)8-14/h4-7H,8-9,14H2,1-3H3,(H,15,16). The molecule has 88 valence electrons. The third kappa shape index (κ3) is 3.35. The molecule has 0 aromatic heterocycles. The molecule has 1 amide bonds. The van der Waals surface area contributed by atoms with E-state index in [1.165, 1.54) is 11.1 Å². The molecule has 1 aromatic rings. The molecule has 3 heteroatoms. The Balaban J connectivity index is 2.73. The number of amides is 1. The molecule has 3 nitrogen and oxygen atoms in total. The van der Waals surface area contributed by atoms with Crippen LogP contribution < -0.4 is 11.1 Å². The Labute approximate surface area is 97.0 Å². The van der Waals surface area contributed by atoms with Crippen LogP contribution in [0.4, 0.5) is 0 Å². The summed E-state index contributed by atoms with van der Waals surface area (Å²) in [6.45, 7) is 6.94. The molecule has 1 rings (SSSR count). The van der Waals surface area contributed by atoms with Crippen LogP contribution in [0.15, 0.2) is 24.3 Å². The zero-order valence-corrected chi connectivity index (χ0v) is 10.2. The number of benzene rings is 1. The van der Waals surface area contributed by atoms with Crippen LogP contribution in [0.5, 0.6) is 0 Å². The molecule has 0 aliphatic heterocycles. The lowest BCUT2D eigenvalue weighted by molar-refractivity contribution is -0.119. The summed E-state index contributed by atoms with van der Waals surface area (Å²) in [6.07, 6.45) is 0. The summed E-state index contributed by atoms with van der Waals surface area (Å²) < 4.78 is 0. The summed E-state index contributed by atoms with van der Waals surface area (Å²) in [4.78, 5) is 11.1. The van der Waals surface area contributed by atoms with Gasteiger partial charge >= 0.3 is 0 Å². The summed E-state index contributed by atoms with van der Waals surface area (Å²) in [5.41, 5.74) is 7.64. The quantitative estimate of drug-likeness (QED) is 0.804. The maximum absolute atomic E-state index is 11.1. The number of nitrogens with one attached hydrogen (secondary N) is 1. The molecule has 0 unspecified atom stereocenters. The Hall–Kier alpha value is -1.35. The molecule has 0 heterocycles. The van der Waals surface area contributed by atoms with Crippen molar-refractivity contribution in [3.05, 3.63) is 35.4 Å². The van der Waals surface area contributed by atoms with Crippen LogP contribution >= 0.6 is 0 Å². The van der Waals surface area contributed by atoms with Crippen molar-refractivity contribution < 1.29 is 4.79 Å². The highest BCUT2D eigenvalue weighted by molar-refractivity contribution is 5.77. The first-order valence-corrected chi connectivity index (χ1v) is 5.49. The Morgan fingerprint density at radius 1 is 1.44 bits per heavy atom. The third-order valence-electron chi connectivity index (χ3n) is 2.71. The second kappa shape index (κ2) is 5.12. The van der Waals surface area contributed by atoms with Gasteiger partial charge in [0.2, 0.25) is 5.91 Å². The van der Waals surface area contributed by atoms with Crippen molar-refractivity contribution in [1.29, 1.82) is 0 Å². The van der Waals surface area contributed by atoms with Crippen molar-refractivity contribution in [1.82, 2.24) is 5.32 Å². The molecule has 0 radical (unpaired) electrons. The van der Waals surface area contributed by atoms with E-state index in [1.54, 1.807) is 0 Å². The summed E-state index contributed by atoms with van der Waals surface area (Å²) in [5.74, 6) is -0.110. The van der Waals surface area contributed by atoms with Gasteiger partial charge in [0.25, 0.3) is 0 Å². The van der Waals surface area contributed by atoms with Gasteiger partial charge in [0.05, 0.1) is 6.54 Å². The molecule has 0 spiro atoms. The van der Waals surface area contributed by atoms with Gasteiger partial charge in [0, 0.05) is 12.0 Å². The predicted octanol–water partition coefficient (Wildman–Crippen LogP) is 1.35. The van der Waals surface area contributed by atoms with Crippen molar-refractivity contribution in [2.45, 2.75) is 26.2 Å². The van der Waals surface area contributed by atoms with Crippen LogP contribution in [-0.4, -0.2) is 19.0 Å². The van der Waals surface area contributed by atoms with Crippen LogP contribution in [0, 0.1) is 6.92 Å². The maximum Gasteiger partial charge on any atom is 0.233 e. The molecule has 16 heavy (non-hydrogen) atoms. The average Bonchev–Trinajstić information content (AvgIpc) is 2.26. The molecule has 0 atom stereocenters. The van der Waals surface area contributed by atoms with Gasteiger partial charge in [-0.25, -0.2) is 0 Å². The lowest BCUT2D eigenvalue weighted by atomic mass is 9.84. The monoisotopic (exact) mass is 220 g/mol. The number of hydrogen-bond donors (Lipinski definition) is 2. The van der Waals surface area contributed by atoms with Crippen molar-refractivity contribution in [2.24, 2.45) is 5.73 Å². The number of aryl methyl sites for hydroxylation is 1. The maximum atomic E-state index is 11.1. The average molecular weight is 220 g/mol. The fourth-order valence-corrected chi connectivity index (χ4v) is 1.56. The van der Waals surface area contributed by atoms with Gasteiger partial charge in [-0.2, -0.15) is 0 Å². The third-order valence-corrected chi connectivity index (χ3v) is 2.71. The largest absolute Gasteiger partial charge is 0.354 e. The minimum Gasteiger partial charge on any atom is -0.354 e. The van der Waals surface area contributed by atoms with E-state index in [1.807, 2.05) is 6.07 Å². The Kier molecular flexibility index (Phi) is 4.07. The van der Waals surface area contributed by atoms with E-state index in [4.69, 9.17) is 5.73 Å². The van der Waals surface area contributed by atoms with Crippen molar-refractivity contribution >= 4 is 5.91 Å². The summed E-state index contributed by atoms with van der Waals surface area (Å²) in [6, 6.07) is 8.34. The van der Waals surface area contributed by atoms with Gasteiger partial charge < -0.3 is 11.1 Å². The summed E-state index contributed by atoms with van der Waals surface area (Å²) >= 11 is 0. The van der Waals surface area contributed by atoms with Crippen LogP contribution in [0.1, 0.15) is 25.0 Å². The topological polar surface area (TPSA) is 55.1 Å². The Bertz CT molecular complexity index is 372. The molecule has 0 aliphatic rings. The van der Waals surface area contributed by atoms with Crippen molar-refractivity contribution in [3.8, 4) is 0 Å². The van der Waals surface area contributed by atoms with Crippen molar-refractivity contribution in [3.63, 3.8) is 0 Å². The van der Waals surface area contributed by atoms with Gasteiger partial charge in [-0.3, -0.25) is 4.79 Å². The molecule has 0 bridgehead atoms. The molecular weight excluding hydrogens is 200 g/mol. The van der Waals surface area contributed by atoms with Crippen LogP contribution in [0.3, 0.4) is 0 Å². The van der Waals surface area contributed by atoms with Gasteiger partial charge in [0.15, 0.2) is 0 Å². The first-order chi connectivity index (χ1) is 7.45. The molecule has 3 N–H and O–H groups in total. The molecule has 0 aliphatic carbocycles. The van der Waals surface area contributed by atoms with E-state index < -0.39 is 0 Å². The van der Waals surface area contributed by atoms with E-state index in [9.17, 15) is 4.79 Å². The van der Waals surface area contributed by atoms with E-state index >= 15 is 0 Å². The minimum atomic E-state index is -0.110. The van der Waals surface area contributed by atoms with Crippen LogP contribution in [0.25, 0.3) is 0 Å². The van der Waals surface area contributed by atoms with Gasteiger partial charge in [-0.1, -0.05) is 43.7 Å². The predicted molar refractivity (Wildman–Crippen MR) is 66.3 cm³/mol. The SMILES string of the molecule is Cc1cccc(C(C)(C)CNC(=O)CN)c1. The zero-order chi connectivity index (χ0) is 12.2. The van der Waals surface area contributed by atoms with Gasteiger partial charge in [-0.05, 0) is 12.5 Å². The highest BCUT2D eigenvalue weighted by Gasteiger charge is 2.20. The van der Waals surface area contributed by atoms with Crippen molar-refractivity contribution in [2.75, 3.05) is 13.1 Å². The van der Waals surface area contributed by atoms with E-state index in [-0.39, 0.29) is 17.9 Å². The second-order valence-corrected chi connectivity index (χ2v) is 4.73. The summed E-state index contributed by atoms with van der Waals surface area (Å²) in [5, 5.41) is 2.83. The van der Waals surface area contributed by atoms with E-state index in [0.717, 1.165) is 0 Å².